The van der Waals surface area contributed by atoms with Gasteiger partial charge >= 0.3 is 0 Å². The van der Waals surface area contributed by atoms with Gasteiger partial charge in [-0.3, -0.25) is 0 Å². The van der Waals surface area contributed by atoms with Gasteiger partial charge in [-0.25, -0.2) is 4.39 Å². The number of benzene rings is 1. The van der Waals surface area contributed by atoms with Crippen LogP contribution in [-0.4, -0.2) is 32.8 Å². The van der Waals surface area contributed by atoms with E-state index in [9.17, 15) is 4.39 Å². The number of hydrogen-bond acceptors (Lipinski definition) is 3. The molecule has 0 spiro atoms. The molecule has 0 bridgehead atoms. The summed E-state index contributed by atoms with van der Waals surface area (Å²) in [5.41, 5.74) is 2.87. The number of ether oxygens (including phenoxy) is 1. The topological polar surface area (TPSA) is 24.5 Å². The average molecular weight is 294 g/mol. The number of nitrogens with one attached hydrogen (secondary N) is 1. The molecule has 1 aliphatic rings. The van der Waals surface area contributed by atoms with E-state index >= 15 is 0 Å². The maximum absolute atomic E-state index is 13.9. The molecule has 1 aromatic rings. The summed E-state index contributed by atoms with van der Waals surface area (Å²) in [4.78, 5) is 2.35. The summed E-state index contributed by atoms with van der Waals surface area (Å²) in [6.07, 6.45) is 2.52. The van der Waals surface area contributed by atoms with Crippen molar-refractivity contribution in [1.29, 1.82) is 0 Å². The number of rotatable bonds is 5. The monoisotopic (exact) mass is 294 g/mol. The number of piperidine rings is 1. The van der Waals surface area contributed by atoms with Crippen molar-refractivity contribution in [3.05, 3.63) is 29.1 Å². The maximum atomic E-state index is 13.9. The molecule has 1 aliphatic heterocycles. The second-order valence-corrected chi connectivity index (χ2v) is 5.84. The molecule has 0 saturated carbocycles. The highest BCUT2D eigenvalue weighted by molar-refractivity contribution is 5.57. The molecule has 1 saturated heterocycles. The van der Waals surface area contributed by atoms with Gasteiger partial charge in [0.05, 0.1) is 6.10 Å². The van der Waals surface area contributed by atoms with Crippen LogP contribution < -0.4 is 10.2 Å². The van der Waals surface area contributed by atoms with E-state index in [1.165, 1.54) is 0 Å². The van der Waals surface area contributed by atoms with Crippen molar-refractivity contribution in [2.45, 2.75) is 45.8 Å². The summed E-state index contributed by atoms with van der Waals surface area (Å²) in [5, 5.41) is 3.22. The normalized spacial score (nSPS) is 20.6. The van der Waals surface area contributed by atoms with Crippen LogP contribution in [-0.2, 0) is 4.74 Å². The summed E-state index contributed by atoms with van der Waals surface area (Å²) >= 11 is 0. The third-order valence-electron chi connectivity index (χ3n) is 4.33. The van der Waals surface area contributed by atoms with Crippen LogP contribution in [0.3, 0.4) is 0 Å². The van der Waals surface area contributed by atoms with Gasteiger partial charge < -0.3 is 15.0 Å². The van der Waals surface area contributed by atoms with Crippen molar-refractivity contribution < 1.29 is 9.13 Å². The molecule has 21 heavy (non-hydrogen) atoms. The predicted octanol–water partition coefficient (Wildman–Crippen LogP) is 3.42. The second-order valence-electron chi connectivity index (χ2n) is 5.84. The Hall–Kier alpha value is -1.13. The quantitative estimate of drug-likeness (QED) is 0.900. The minimum absolute atomic E-state index is 0.127. The Labute approximate surface area is 127 Å². The Morgan fingerprint density at radius 2 is 2.24 bits per heavy atom. The van der Waals surface area contributed by atoms with E-state index in [0.717, 1.165) is 43.8 Å². The first-order chi connectivity index (χ1) is 10.1. The van der Waals surface area contributed by atoms with E-state index in [0.29, 0.717) is 5.56 Å². The van der Waals surface area contributed by atoms with Gasteiger partial charge in [0.15, 0.2) is 0 Å². The van der Waals surface area contributed by atoms with Gasteiger partial charge in [-0.1, -0.05) is 0 Å². The molecule has 0 amide bonds. The van der Waals surface area contributed by atoms with Crippen LogP contribution in [0.4, 0.5) is 10.1 Å². The fourth-order valence-corrected chi connectivity index (χ4v) is 2.99. The molecular weight excluding hydrogens is 267 g/mol. The Kier molecular flexibility index (Phi) is 5.59. The summed E-state index contributed by atoms with van der Waals surface area (Å²) in [7, 11) is 1.91. The number of hydrogen-bond donors (Lipinski definition) is 1. The zero-order valence-electron chi connectivity index (χ0n) is 13.6. The third kappa shape index (κ3) is 3.74. The van der Waals surface area contributed by atoms with Crippen LogP contribution in [0.15, 0.2) is 12.1 Å². The molecule has 118 valence electrons. The Bertz CT molecular complexity index is 476. The van der Waals surface area contributed by atoms with Crippen molar-refractivity contribution in [3.63, 3.8) is 0 Å². The zero-order valence-corrected chi connectivity index (χ0v) is 13.6. The number of anilines is 1. The highest BCUT2D eigenvalue weighted by atomic mass is 19.1. The largest absolute Gasteiger partial charge is 0.377 e. The molecule has 1 heterocycles. The molecule has 1 fully saturated rings. The van der Waals surface area contributed by atoms with Gasteiger partial charge in [0.25, 0.3) is 0 Å². The van der Waals surface area contributed by atoms with E-state index in [-0.39, 0.29) is 18.0 Å². The number of halogens is 1. The van der Waals surface area contributed by atoms with Gasteiger partial charge in [0, 0.05) is 31.4 Å². The molecule has 0 radical (unpaired) electrons. The third-order valence-corrected chi connectivity index (χ3v) is 4.33. The lowest BCUT2D eigenvalue weighted by Gasteiger charge is -2.36. The minimum atomic E-state index is -0.130. The molecule has 2 atom stereocenters. The van der Waals surface area contributed by atoms with Gasteiger partial charge in [0.2, 0.25) is 0 Å². The van der Waals surface area contributed by atoms with Crippen LogP contribution in [0.5, 0.6) is 0 Å². The maximum Gasteiger partial charge on any atom is 0.126 e. The fourth-order valence-electron chi connectivity index (χ4n) is 2.99. The fraction of sp³-hybridized carbons (Fsp3) is 0.647. The van der Waals surface area contributed by atoms with E-state index in [4.69, 9.17) is 4.74 Å². The Balaban J connectivity index is 2.30. The first kappa shape index (κ1) is 16.2. The van der Waals surface area contributed by atoms with Gasteiger partial charge in [0.1, 0.15) is 5.82 Å². The van der Waals surface area contributed by atoms with Crippen molar-refractivity contribution in [2.75, 3.05) is 31.6 Å². The van der Waals surface area contributed by atoms with E-state index in [1.807, 2.05) is 27.0 Å². The van der Waals surface area contributed by atoms with Crippen LogP contribution in [0.25, 0.3) is 0 Å². The highest BCUT2D eigenvalue weighted by Gasteiger charge is 2.24. The van der Waals surface area contributed by atoms with E-state index < -0.39 is 0 Å². The van der Waals surface area contributed by atoms with Gasteiger partial charge in [-0.15, -0.1) is 0 Å². The highest BCUT2D eigenvalue weighted by Crippen LogP contribution is 2.31. The van der Waals surface area contributed by atoms with Crippen molar-refractivity contribution in [1.82, 2.24) is 5.32 Å². The van der Waals surface area contributed by atoms with Crippen molar-refractivity contribution in [2.24, 2.45) is 0 Å². The van der Waals surface area contributed by atoms with Crippen LogP contribution in [0, 0.1) is 12.7 Å². The molecule has 4 heteroatoms. The number of nitrogens with zero attached hydrogens (tertiary/aromatic N) is 1. The average Bonchev–Trinajstić information content (AvgIpc) is 2.49. The molecule has 2 unspecified atom stereocenters. The van der Waals surface area contributed by atoms with Crippen LogP contribution >= 0.6 is 0 Å². The molecule has 0 aromatic heterocycles. The summed E-state index contributed by atoms with van der Waals surface area (Å²) in [5.74, 6) is -0.130. The molecule has 2 rings (SSSR count). The lowest BCUT2D eigenvalue weighted by Crippen LogP contribution is -2.40. The van der Waals surface area contributed by atoms with Crippen molar-refractivity contribution >= 4 is 5.69 Å². The van der Waals surface area contributed by atoms with E-state index in [1.54, 1.807) is 6.07 Å². The Morgan fingerprint density at radius 1 is 1.48 bits per heavy atom. The lowest BCUT2D eigenvalue weighted by atomic mass is 9.99. The first-order valence-corrected chi connectivity index (χ1v) is 7.90. The predicted molar refractivity (Wildman–Crippen MR) is 85.5 cm³/mol. The smallest absolute Gasteiger partial charge is 0.126 e. The zero-order chi connectivity index (χ0) is 15.4. The van der Waals surface area contributed by atoms with Crippen LogP contribution in [0.2, 0.25) is 0 Å². The van der Waals surface area contributed by atoms with Gasteiger partial charge in [-0.2, -0.15) is 0 Å². The summed E-state index contributed by atoms with van der Waals surface area (Å²) in [6.45, 7) is 8.59. The van der Waals surface area contributed by atoms with Crippen LogP contribution in [0.1, 0.15) is 43.9 Å². The SMILES string of the molecule is CCOC1CCCN(c2cc(C)c(F)cc2C(C)NC)C1. The minimum Gasteiger partial charge on any atom is -0.377 e. The molecule has 0 aliphatic carbocycles. The summed E-state index contributed by atoms with van der Waals surface area (Å²) < 4.78 is 19.7. The molecule has 1 aromatic carbocycles. The molecule has 3 nitrogen and oxygen atoms in total. The lowest BCUT2D eigenvalue weighted by molar-refractivity contribution is 0.0526. The Morgan fingerprint density at radius 3 is 2.90 bits per heavy atom. The molecule has 1 N–H and O–H groups in total. The van der Waals surface area contributed by atoms with Crippen molar-refractivity contribution in [3.8, 4) is 0 Å². The number of aryl methyl sites for hydroxylation is 1. The first-order valence-electron chi connectivity index (χ1n) is 7.90. The molecular formula is C17H27FN2O. The second kappa shape index (κ2) is 7.23. The van der Waals surface area contributed by atoms with Gasteiger partial charge in [-0.05, 0) is 63.9 Å². The summed E-state index contributed by atoms with van der Waals surface area (Å²) in [6, 6.07) is 3.78. The standard InChI is InChI=1S/C17H27FN2O/c1-5-21-14-7-6-8-20(11-14)17-9-12(2)16(18)10-15(17)13(3)19-4/h9-10,13-14,19H,5-8,11H2,1-4H3. The van der Waals surface area contributed by atoms with E-state index in [2.05, 4.69) is 17.1 Å².